The van der Waals surface area contributed by atoms with Crippen LogP contribution >= 0.6 is 0 Å². The van der Waals surface area contributed by atoms with Gasteiger partial charge in [-0.15, -0.1) is 0 Å². The fourth-order valence-corrected chi connectivity index (χ4v) is 0.913. The Balaban J connectivity index is 0.000000845. The number of hydrogen-bond acceptors (Lipinski definition) is 4. The number of hydrogen-bond donors (Lipinski definition) is 2. The molecule has 2 heterocycles. The first-order chi connectivity index (χ1) is 5.77. The fourth-order valence-electron chi connectivity index (χ4n) is 0.913. The van der Waals surface area contributed by atoms with Crippen LogP contribution in [0.4, 0.5) is 0 Å². The molecule has 0 aromatic carbocycles. The van der Waals surface area contributed by atoms with Crippen LogP contribution in [0.25, 0.3) is 0 Å². The summed E-state index contributed by atoms with van der Waals surface area (Å²) >= 11 is 0. The summed E-state index contributed by atoms with van der Waals surface area (Å²) in [6, 6.07) is 0. The molecule has 0 radical (unpaired) electrons. The minimum absolute atomic E-state index is 0. The van der Waals surface area contributed by atoms with Gasteiger partial charge in [-0.2, -0.15) is 0 Å². The Morgan fingerprint density at radius 3 is 3.25 bits per heavy atom. The van der Waals surface area contributed by atoms with Gasteiger partial charge in [-0.05, 0) is 0 Å². The first kappa shape index (κ1) is 6.84. The predicted molar refractivity (Wildman–Crippen MR) is 38.7 cm³/mol. The van der Waals surface area contributed by atoms with Gasteiger partial charge in [-0.1, -0.05) is 0 Å². The zero-order chi connectivity index (χ0) is 8.55. The normalized spacial score (nSPS) is 16.0. The summed E-state index contributed by atoms with van der Waals surface area (Å²) in [5.74, 6) is -0.810. The van der Waals surface area contributed by atoms with Crippen molar-refractivity contribution in [1.29, 1.82) is 0 Å². The second-order valence-electron chi connectivity index (χ2n) is 2.25. The number of carbonyl (C=O) groups excluding carboxylic acids is 2. The second-order valence-corrected chi connectivity index (χ2v) is 2.25. The van der Waals surface area contributed by atoms with Crippen molar-refractivity contribution in [2.75, 3.05) is 6.61 Å². The van der Waals surface area contributed by atoms with E-state index < -0.39 is 11.8 Å². The number of imide groups is 1. The highest BCUT2D eigenvalue weighted by atomic mass is 16.5. The highest BCUT2D eigenvalue weighted by molar-refractivity contribution is 6.06. The standard InChI is InChI=1S/C6H5N3O3.H2/c10-3-1-12-6-4(5(11)9-3)7-2-8-6;/h2H,1H2,(H,7,8)(H,9,10,11);1H. The summed E-state index contributed by atoms with van der Waals surface area (Å²) in [5, 5.41) is 2.11. The number of rotatable bonds is 0. The number of imidazole rings is 1. The van der Waals surface area contributed by atoms with Crippen molar-refractivity contribution in [3.63, 3.8) is 0 Å². The molecule has 2 rings (SSSR count). The fraction of sp³-hybridized carbons (Fsp3) is 0.167. The highest BCUT2D eigenvalue weighted by Gasteiger charge is 2.22. The molecular weight excluding hydrogens is 162 g/mol. The van der Waals surface area contributed by atoms with Gasteiger partial charge in [0.2, 0.25) is 5.88 Å². The number of amides is 2. The number of aromatic amines is 1. The predicted octanol–water partition coefficient (Wildman–Crippen LogP) is -0.696. The first-order valence-electron chi connectivity index (χ1n) is 3.28. The van der Waals surface area contributed by atoms with Crippen LogP contribution in [0.5, 0.6) is 5.88 Å². The van der Waals surface area contributed by atoms with Crippen LogP contribution in [0, 0.1) is 0 Å². The molecule has 1 aromatic heterocycles. The van der Waals surface area contributed by atoms with Gasteiger partial charge >= 0.3 is 0 Å². The van der Waals surface area contributed by atoms with Crippen LogP contribution < -0.4 is 10.1 Å². The Labute approximate surface area is 68.4 Å². The van der Waals surface area contributed by atoms with Gasteiger partial charge in [-0.3, -0.25) is 14.9 Å². The number of carbonyl (C=O) groups is 2. The SMILES string of the molecule is O=C1COc2nc[nH]c2C(=O)N1.[HH]. The van der Waals surface area contributed by atoms with E-state index in [1.807, 2.05) is 0 Å². The lowest BCUT2D eigenvalue weighted by Crippen LogP contribution is -2.31. The van der Waals surface area contributed by atoms with Crippen molar-refractivity contribution in [2.45, 2.75) is 0 Å². The van der Waals surface area contributed by atoms with Gasteiger partial charge in [-0.25, -0.2) is 4.98 Å². The third-order valence-electron chi connectivity index (χ3n) is 1.42. The average molecular weight is 169 g/mol. The van der Waals surface area contributed by atoms with Crippen LogP contribution in [0.15, 0.2) is 6.33 Å². The number of nitrogens with one attached hydrogen (secondary N) is 2. The molecule has 0 spiro atoms. The van der Waals surface area contributed by atoms with Crippen LogP contribution in [-0.2, 0) is 4.79 Å². The summed E-state index contributed by atoms with van der Waals surface area (Å²) < 4.78 is 4.90. The Bertz CT molecular complexity index is 349. The third-order valence-corrected chi connectivity index (χ3v) is 1.42. The van der Waals surface area contributed by atoms with Crippen molar-refractivity contribution >= 4 is 11.8 Å². The second kappa shape index (κ2) is 2.33. The van der Waals surface area contributed by atoms with Gasteiger partial charge in [0, 0.05) is 1.43 Å². The highest BCUT2D eigenvalue weighted by Crippen LogP contribution is 2.13. The van der Waals surface area contributed by atoms with Crippen molar-refractivity contribution in [3.8, 4) is 5.88 Å². The molecule has 12 heavy (non-hydrogen) atoms. The van der Waals surface area contributed by atoms with Crippen molar-refractivity contribution in [1.82, 2.24) is 15.3 Å². The molecule has 0 unspecified atom stereocenters. The lowest BCUT2D eigenvalue weighted by molar-refractivity contribution is -0.121. The van der Waals surface area contributed by atoms with Gasteiger partial charge in [0.05, 0.1) is 6.33 Å². The average Bonchev–Trinajstić information content (AvgIpc) is 2.43. The van der Waals surface area contributed by atoms with Crippen molar-refractivity contribution in [3.05, 3.63) is 12.0 Å². The maximum Gasteiger partial charge on any atom is 0.280 e. The third kappa shape index (κ3) is 0.931. The lowest BCUT2D eigenvalue weighted by Gasteiger charge is -1.94. The van der Waals surface area contributed by atoms with Gasteiger partial charge in [0.15, 0.2) is 12.3 Å². The van der Waals surface area contributed by atoms with E-state index in [-0.39, 0.29) is 19.6 Å². The quantitative estimate of drug-likeness (QED) is 0.503. The Kier molecular flexibility index (Phi) is 1.33. The summed E-state index contributed by atoms with van der Waals surface area (Å²) in [7, 11) is 0. The van der Waals surface area contributed by atoms with Crippen LogP contribution in [0.3, 0.4) is 0 Å². The molecule has 6 nitrogen and oxygen atoms in total. The zero-order valence-electron chi connectivity index (χ0n) is 5.96. The van der Waals surface area contributed by atoms with E-state index in [9.17, 15) is 9.59 Å². The maximum absolute atomic E-state index is 11.1. The molecule has 0 atom stereocenters. The van der Waals surface area contributed by atoms with Crippen LogP contribution in [0.2, 0.25) is 0 Å². The van der Waals surface area contributed by atoms with E-state index in [2.05, 4.69) is 15.3 Å². The van der Waals surface area contributed by atoms with Crippen LogP contribution in [0.1, 0.15) is 11.9 Å². The Hall–Kier alpha value is -1.85. The molecule has 0 saturated carbocycles. The number of ether oxygens (including phenoxy) is 1. The number of fused-ring (bicyclic) bond motifs is 1. The smallest absolute Gasteiger partial charge is 0.280 e. The van der Waals surface area contributed by atoms with Gasteiger partial charge in [0.1, 0.15) is 0 Å². The van der Waals surface area contributed by atoms with Crippen molar-refractivity contribution < 1.29 is 15.8 Å². The van der Waals surface area contributed by atoms with E-state index >= 15 is 0 Å². The monoisotopic (exact) mass is 169 g/mol. The topological polar surface area (TPSA) is 84.1 Å². The van der Waals surface area contributed by atoms with E-state index in [0.717, 1.165) is 0 Å². The van der Waals surface area contributed by atoms with E-state index in [4.69, 9.17) is 4.74 Å². The molecule has 64 valence electrons. The van der Waals surface area contributed by atoms with E-state index in [1.54, 1.807) is 0 Å². The molecule has 0 bridgehead atoms. The lowest BCUT2D eigenvalue weighted by atomic mass is 10.4. The summed E-state index contributed by atoms with van der Waals surface area (Å²) in [6.45, 7) is -0.177. The first-order valence-corrected chi connectivity index (χ1v) is 3.28. The number of nitrogens with zero attached hydrogens (tertiary/aromatic N) is 1. The maximum atomic E-state index is 11.1. The molecule has 0 fully saturated rings. The number of aromatic nitrogens is 2. The molecule has 0 saturated heterocycles. The Morgan fingerprint density at radius 2 is 2.42 bits per heavy atom. The van der Waals surface area contributed by atoms with Crippen LogP contribution in [-0.4, -0.2) is 28.4 Å². The van der Waals surface area contributed by atoms with Gasteiger partial charge in [0.25, 0.3) is 11.8 Å². The largest absolute Gasteiger partial charge is 0.466 e. The van der Waals surface area contributed by atoms with E-state index in [1.165, 1.54) is 6.33 Å². The molecule has 2 amide bonds. The molecule has 1 aromatic rings. The summed E-state index contributed by atoms with van der Waals surface area (Å²) in [5.41, 5.74) is 0.181. The molecule has 0 aliphatic carbocycles. The minimum atomic E-state index is -0.509. The minimum Gasteiger partial charge on any atom is -0.466 e. The molecular formula is C6H7N3O3. The molecule has 1 aliphatic heterocycles. The molecule has 6 heteroatoms. The number of H-pyrrole nitrogens is 1. The van der Waals surface area contributed by atoms with Gasteiger partial charge < -0.3 is 9.72 Å². The Morgan fingerprint density at radius 1 is 1.58 bits per heavy atom. The molecule has 1 aliphatic rings. The summed E-state index contributed by atoms with van der Waals surface area (Å²) in [6.07, 6.45) is 1.33. The van der Waals surface area contributed by atoms with E-state index in [0.29, 0.717) is 0 Å². The van der Waals surface area contributed by atoms with Crippen molar-refractivity contribution in [2.24, 2.45) is 0 Å². The molecule has 2 N–H and O–H groups in total. The summed E-state index contributed by atoms with van der Waals surface area (Å²) in [4.78, 5) is 28.1. The zero-order valence-corrected chi connectivity index (χ0v) is 5.96.